The summed E-state index contributed by atoms with van der Waals surface area (Å²) < 4.78 is 9.22. The van der Waals surface area contributed by atoms with E-state index in [1.54, 1.807) is 0 Å². The van der Waals surface area contributed by atoms with Crippen LogP contribution in [0, 0.1) is 0 Å². The van der Waals surface area contributed by atoms with Gasteiger partial charge in [0.25, 0.3) is 0 Å². The predicted octanol–water partition coefficient (Wildman–Crippen LogP) is -0.342. The standard InChI is InChI=1S/C7H13NO4/c1-5(9)8-7(2,12-4)6(10)11-3/h1-4H3,(H,8,9). The second kappa shape index (κ2) is 4.06. The number of amides is 1. The van der Waals surface area contributed by atoms with Gasteiger partial charge in [-0.15, -0.1) is 0 Å². The van der Waals surface area contributed by atoms with Crippen LogP contribution in [0.4, 0.5) is 0 Å². The highest BCUT2D eigenvalue weighted by atomic mass is 16.6. The number of methoxy groups -OCH3 is 2. The van der Waals surface area contributed by atoms with E-state index in [1.807, 2.05) is 0 Å². The summed E-state index contributed by atoms with van der Waals surface area (Å²) in [6.07, 6.45) is 0. The van der Waals surface area contributed by atoms with E-state index in [2.05, 4.69) is 10.1 Å². The first-order valence-corrected chi connectivity index (χ1v) is 3.38. The van der Waals surface area contributed by atoms with Crippen LogP contribution in [-0.2, 0) is 19.1 Å². The maximum absolute atomic E-state index is 11.0. The molecule has 5 nitrogen and oxygen atoms in total. The number of esters is 1. The molecule has 0 aromatic rings. The minimum absolute atomic E-state index is 0.357. The topological polar surface area (TPSA) is 64.6 Å². The van der Waals surface area contributed by atoms with Crippen molar-refractivity contribution in [1.82, 2.24) is 5.32 Å². The molecule has 0 rings (SSSR count). The Hall–Kier alpha value is -1.10. The lowest BCUT2D eigenvalue weighted by molar-refractivity contribution is -0.170. The Labute approximate surface area is 71.0 Å². The van der Waals surface area contributed by atoms with E-state index in [9.17, 15) is 9.59 Å². The lowest BCUT2D eigenvalue weighted by atomic mass is 10.2. The molecule has 1 atom stereocenters. The number of hydrogen-bond acceptors (Lipinski definition) is 4. The molecule has 1 unspecified atom stereocenters. The molecule has 12 heavy (non-hydrogen) atoms. The van der Waals surface area contributed by atoms with Crippen LogP contribution in [0.1, 0.15) is 13.8 Å². The molecule has 0 aliphatic heterocycles. The van der Waals surface area contributed by atoms with E-state index >= 15 is 0 Å². The highest BCUT2D eigenvalue weighted by molar-refractivity contribution is 5.85. The van der Waals surface area contributed by atoms with Gasteiger partial charge in [0.15, 0.2) is 0 Å². The van der Waals surface area contributed by atoms with Gasteiger partial charge < -0.3 is 14.8 Å². The van der Waals surface area contributed by atoms with Gasteiger partial charge in [-0.3, -0.25) is 4.79 Å². The van der Waals surface area contributed by atoms with Gasteiger partial charge in [-0.1, -0.05) is 0 Å². The smallest absolute Gasteiger partial charge is 0.359 e. The summed E-state index contributed by atoms with van der Waals surface area (Å²) in [6, 6.07) is 0. The third kappa shape index (κ3) is 2.50. The molecule has 0 radical (unpaired) electrons. The average Bonchev–Trinajstić information content (AvgIpc) is 2.01. The zero-order chi connectivity index (χ0) is 9.78. The summed E-state index contributed by atoms with van der Waals surface area (Å²) >= 11 is 0. The molecule has 0 aliphatic rings. The summed E-state index contributed by atoms with van der Waals surface area (Å²) in [6.45, 7) is 2.71. The Morgan fingerprint density at radius 2 is 1.83 bits per heavy atom. The summed E-state index contributed by atoms with van der Waals surface area (Å²) in [4.78, 5) is 21.7. The van der Waals surface area contributed by atoms with Crippen molar-refractivity contribution < 1.29 is 19.1 Å². The first-order valence-electron chi connectivity index (χ1n) is 3.38. The van der Waals surface area contributed by atoms with Crippen LogP contribution in [0.3, 0.4) is 0 Å². The molecule has 0 aliphatic carbocycles. The molecule has 1 N–H and O–H groups in total. The molecule has 1 amide bonds. The quantitative estimate of drug-likeness (QED) is 0.470. The summed E-state index contributed by atoms with van der Waals surface area (Å²) in [5.41, 5.74) is -1.39. The zero-order valence-corrected chi connectivity index (χ0v) is 7.63. The van der Waals surface area contributed by atoms with Gasteiger partial charge in [0.2, 0.25) is 11.6 Å². The zero-order valence-electron chi connectivity index (χ0n) is 7.63. The molecule has 0 heterocycles. The Bertz CT molecular complexity index is 192. The fourth-order valence-corrected chi connectivity index (χ4v) is 0.716. The maximum Gasteiger partial charge on any atom is 0.359 e. The van der Waals surface area contributed by atoms with Gasteiger partial charge in [-0.25, -0.2) is 4.79 Å². The van der Waals surface area contributed by atoms with Crippen LogP contribution in [0.2, 0.25) is 0 Å². The van der Waals surface area contributed by atoms with Crippen LogP contribution < -0.4 is 5.32 Å². The average molecular weight is 175 g/mol. The van der Waals surface area contributed by atoms with Crippen molar-refractivity contribution in [3.8, 4) is 0 Å². The largest absolute Gasteiger partial charge is 0.465 e. The van der Waals surface area contributed by atoms with E-state index in [1.165, 1.54) is 28.1 Å². The van der Waals surface area contributed by atoms with Crippen molar-refractivity contribution in [2.45, 2.75) is 19.6 Å². The molecular formula is C7H13NO4. The minimum Gasteiger partial charge on any atom is -0.465 e. The monoisotopic (exact) mass is 175 g/mol. The van der Waals surface area contributed by atoms with Crippen molar-refractivity contribution >= 4 is 11.9 Å². The maximum atomic E-state index is 11.0. The van der Waals surface area contributed by atoms with Crippen LogP contribution in [0.5, 0.6) is 0 Å². The third-order valence-electron chi connectivity index (χ3n) is 1.40. The lowest BCUT2D eigenvalue weighted by Gasteiger charge is -2.25. The fraction of sp³-hybridized carbons (Fsp3) is 0.714. The highest BCUT2D eigenvalue weighted by Crippen LogP contribution is 2.06. The molecule has 0 saturated heterocycles. The first-order chi connectivity index (χ1) is 5.46. The van der Waals surface area contributed by atoms with E-state index < -0.39 is 11.7 Å². The van der Waals surface area contributed by atoms with Crippen LogP contribution in [0.15, 0.2) is 0 Å². The minimum atomic E-state index is -1.39. The van der Waals surface area contributed by atoms with Crippen LogP contribution in [0.25, 0.3) is 0 Å². The van der Waals surface area contributed by atoms with Crippen molar-refractivity contribution in [3.05, 3.63) is 0 Å². The van der Waals surface area contributed by atoms with Crippen molar-refractivity contribution in [3.63, 3.8) is 0 Å². The Morgan fingerprint density at radius 3 is 2.08 bits per heavy atom. The third-order valence-corrected chi connectivity index (χ3v) is 1.40. The van der Waals surface area contributed by atoms with Crippen molar-refractivity contribution in [1.29, 1.82) is 0 Å². The molecular weight excluding hydrogens is 162 g/mol. The summed E-state index contributed by atoms with van der Waals surface area (Å²) in [5.74, 6) is -0.995. The van der Waals surface area contributed by atoms with Crippen molar-refractivity contribution in [2.75, 3.05) is 14.2 Å². The van der Waals surface area contributed by atoms with E-state index in [4.69, 9.17) is 4.74 Å². The molecule has 0 saturated carbocycles. The number of rotatable bonds is 3. The van der Waals surface area contributed by atoms with E-state index in [-0.39, 0.29) is 5.91 Å². The normalized spacial score (nSPS) is 14.7. The second-order valence-corrected chi connectivity index (χ2v) is 2.41. The fourth-order valence-electron chi connectivity index (χ4n) is 0.716. The van der Waals surface area contributed by atoms with Crippen molar-refractivity contribution in [2.24, 2.45) is 0 Å². The number of carbonyl (C=O) groups excluding carboxylic acids is 2. The van der Waals surface area contributed by atoms with Gasteiger partial charge >= 0.3 is 5.97 Å². The number of ether oxygens (including phenoxy) is 2. The van der Waals surface area contributed by atoms with E-state index in [0.29, 0.717) is 0 Å². The summed E-state index contributed by atoms with van der Waals surface area (Å²) in [5, 5.41) is 2.32. The molecule has 0 fully saturated rings. The molecule has 70 valence electrons. The SMILES string of the molecule is COC(=O)C(C)(NC(C)=O)OC. The second-order valence-electron chi connectivity index (χ2n) is 2.41. The summed E-state index contributed by atoms with van der Waals surface area (Å²) in [7, 11) is 2.54. The molecule has 5 heteroatoms. The Balaban J connectivity index is 4.44. The van der Waals surface area contributed by atoms with Gasteiger partial charge in [-0.2, -0.15) is 0 Å². The highest BCUT2D eigenvalue weighted by Gasteiger charge is 2.35. The molecule has 0 aromatic carbocycles. The lowest BCUT2D eigenvalue weighted by Crippen LogP contribution is -2.53. The van der Waals surface area contributed by atoms with Crippen LogP contribution >= 0.6 is 0 Å². The number of carbonyl (C=O) groups is 2. The predicted molar refractivity (Wildman–Crippen MR) is 41.2 cm³/mol. The first kappa shape index (κ1) is 10.9. The Kier molecular flexibility index (Phi) is 3.69. The molecule has 0 bridgehead atoms. The molecule has 0 spiro atoms. The number of nitrogens with one attached hydrogen (secondary N) is 1. The van der Waals surface area contributed by atoms with Gasteiger partial charge in [0, 0.05) is 14.0 Å². The number of hydrogen-bond donors (Lipinski definition) is 1. The van der Waals surface area contributed by atoms with Gasteiger partial charge in [0.1, 0.15) is 0 Å². The van der Waals surface area contributed by atoms with E-state index in [0.717, 1.165) is 0 Å². The molecule has 0 aromatic heterocycles. The van der Waals surface area contributed by atoms with Gasteiger partial charge in [-0.05, 0) is 6.92 Å². The van der Waals surface area contributed by atoms with Gasteiger partial charge in [0.05, 0.1) is 7.11 Å². The Morgan fingerprint density at radius 1 is 1.33 bits per heavy atom. The van der Waals surface area contributed by atoms with Crippen LogP contribution in [-0.4, -0.2) is 31.8 Å².